The Morgan fingerprint density at radius 3 is 2.38 bits per heavy atom. The monoisotopic (exact) mass is 437 g/mol. The third-order valence-corrected chi connectivity index (χ3v) is 8.89. The Morgan fingerprint density at radius 1 is 1.21 bits per heavy atom. The molecule has 2 aromatic rings. The Kier molecular flexibility index (Phi) is 8.94. The molecular formula is C22H32NO4PS. The molecule has 1 aliphatic rings. The molecule has 3 rings (SSSR count). The van der Waals surface area contributed by atoms with E-state index >= 15 is 0 Å². The topological polar surface area (TPSA) is 75.6 Å². The maximum Gasteiger partial charge on any atom is 0.348 e. The van der Waals surface area contributed by atoms with E-state index in [1.807, 2.05) is 51.1 Å². The van der Waals surface area contributed by atoms with Crippen molar-refractivity contribution in [1.29, 1.82) is 0 Å². The average molecular weight is 438 g/mol. The van der Waals surface area contributed by atoms with Crippen molar-refractivity contribution in [3.8, 4) is 10.4 Å². The fraction of sp³-hybridized carbons (Fsp3) is 0.500. The quantitative estimate of drug-likeness (QED) is 0.443. The number of carbonyl (C=O) groups is 1. The summed E-state index contributed by atoms with van der Waals surface area (Å²) in [7, 11) is -3.19. The molecule has 7 heteroatoms. The van der Waals surface area contributed by atoms with Crippen LogP contribution in [0.5, 0.6) is 0 Å². The minimum atomic E-state index is -3.19. The van der Waals surface area contributed by atoms with Crippen molar-refractivity contribution in [2.75, 3.05) is 11.7 Å². The predicted molar refractivity (Wildman–Crippen MR) is 122 cm³/mol. The van der Waals surface area contributed by atoms with Gasteiger partial charge >= 0.3 is 5.97 Å². The number of aromatic carboxylic acids is 1. The zero-order chi connectivity index (χ0) is 21.4. The van der Waals surface area contributed by atoms with Crippen LogP contribution in [-0.4, -0.2) is 23.3 Å². The zero-order valence-electron chi connectivity index (χ0n) is 17.7. The molecule has 0 aliphatic heterocycles. The van der Waals surface area contributed by atoms with Gasteiger partial charge in [-0.3, -0.25) is 4.57 Å². The standard InChI is InChI=1S/C20H26NO4PS.C2H6/c1-3-25-26(24,16-11-9-14(2)10-12-16)21-17-13-18(27-19(17)20(22)23)15-7-5-4-6-8-15;1-2/h4-8,13-14,16H,3,9-12H2,1-2H3,(H,21,24)(H,22,23);1-2H3. The van der Waals surface area contributed by atoms with Gasteiger partial charge in [0.25, 0.3) is 7.52 Å². The van der Waals surface area contributed by atoms with Gasteiger partial charge in [0.1, 0.15) is 4.88 Å². The molecule has 0 radical (unpaired) electrons. The summed E-state index contributed by atoms with van der Waals surface area (Å²) in [5.41, 5.74) is 1.26. The molecule has 1 aliphatic carbocycles. The highest BCUT2D eigenvalue weighted by Crippen LogP contribution is 2.57. The van der Waals surface area contributed by atoms with Crippen LogP contribution < -0.4 is 5.09 Å². The molecule has 1 aromatic carbocycles. The summed E-state index contributed by atoms with van der Waals surface area (Å²) in [5, 5.41) is 12.7. The summed E-state index contributed by atoms with van der Waals surface area (Å²) in [4.78, 5) is 12.8. The van der Waals surface area contributed by atoms with Gasteiger partial charge in [-0.15, -0.1) is 11.3 Å². The van der Waals surface area contributed by atoms with Crippen molar-refractivity contribution in [1.82, 2.24) is 0 Å². The normalized spacial score (nSPS) is 20.8. The second-order valence-electron chi connectivity index (χ2n) is 7.06. The number of carboxylic acid groups (broad SMARTS) is 1. The van der Waals surface area contributed by atoms with Crippen molar-refractivity contribution in [2.24, 2.45) is 5.92 Å². The van der Waals surface area contributed by atoms with Crippen LogP contribution in [0.2, 0.25) is 0 Å². The highest BCUT2D eigenvalue weighted by atomic mass is 32.1. The molecular weight excluding hydrogens is 405 g/mol. The highest BCUT2D eigenvalue weighted by molar-refractivity contribution is 7.61. The minimum Gasteiger partial charge on any atom is -0.477 e. The van der Waals surface area contributed by atoms with Crippen LogP contribution in [0.25, 0.3) is 10.4 Å². The maximum absolute atomic E-state index is 13.6. The predicted octanol–water partition coefficient (Wildman–Crippen LogP) is 7.36. The van der Waals surface area contributed by atoms with Crippen LogP contribution in [0.15, 0.2) is 36.4 Å². The largest absolute Gasteiger partial charge is 0.477 e. The number of carboxylic acids is 1. The second-order valence-corrected chi connectivity index (χ2v) is 10.5. The lowest BCUT2D eigenvalue weighted by atomic mass is 9.91. The summed E-state index contributed by atoms with van der Waals surface area (Å²) in [6.07, 6.45) is 3.72. The molecule has 1 unspecified atom stereocenters. The minimum absolute atomic E-state index is 0.0737. The van der Waals surface area contributed by atoms with E-state index in [-0.39, 0.29) is 10.5 Å². The number of hydrogen-bond acceptors (Lipinski definition) is 4. The van der Waals surface area contributed by atoms with Crippen LogP contribution in [-0.2, 0) is 9.09 Å². The first-order valence-electron chi connectivity index (χ1n) is 10.4. The van der Waals surface area contributed by atoms with E-state index in [0.29, 0.717) is 18.2 Å². The molecule has 1 fully saturated rings. The Hall–Kier alpha value is -1.62. The molecule has 1 saturated carbocycles. The summed E-state index contributed by atoms with van der Waals surface area (Å²) in [6.45, 7) is 8.36. The first-order valence-corrected chi connectivity index (χ1v) is 12.9. The molecule has 2 N–H and O–H groups in total. The van der Waals surface area contributed by atoms with Crippen molar-refractivity contribution in [3.05, 3.63) is 41.3 Å². The maximum atomic E-state index is 13.6. The summed E-state index contributed by atoms with van der Waals surface area (Å²) >= 11 is 1.19. The van der Waals surface area contributed by atoms with Gasteiger partial charge in [0.05, 0.1) is 18.0 Å². The Morgan fingerprint density at radius 2 is 1.83 bits per heavy atom. The van der Waals surface area contributed by atoms with E-state index in [1.54, 1.807) is 6.07 Å². The van der Waals surface area contributed by atoms with E-state index in [0.717, 1.165) is 36.1 Å². The van der Waals surface area contributed by atoms with Crippen LogP contribution in [0.1, 0.15) is 63.0 Å². The Balaban J connectivity index is 0.00000145. The lowest BCUT2D eigenvalue weighted by molar-refractivity contribution is 0.0703. The van der Waals surface area contributed by atoms with Gasteiger partial charge in [-0.25, -0.2) is 4.79 Å². The van der Waals surface area contributed by atoms with Gasteiger partial charge in [-0.05, 0) is 50.2 Å². The fourth-order valence-corrected chi connectivity index (χ4v) is 6.91. The first kappa shape index (κ1) is 23.7. The van der Waals surface area contributed by atoms with Gasteiger partial charge in [-0.2, -0.15) is 0 Å². The summed E-state index contributed by atoms with van der Waals surface area (Å²) < 4.78 is 19.4. The number of benzene rings is 1. The zero-order valence-corrected chi connectivity index (χ0v) is 19.4. The van der Waals surface area contributed by atoms with E-state index in [2.05, 4.69) is 12.0 Å². The van der Waals surface area contributed by atoms with Crippen molar-refractivity contribution in [2.45, 2.75) is 59.0 Å². The second kappa shape index (κ2) is 11.0. The number of thiophene rings is 1. The number of anilines is 1. The molecule has 5 nitrogen and oxygen atoms in total. The van der Waals surface area contributed by atoms with Gasteiger partial charge in [-0.1, -0.05) is 51.1 Å². The van der Waals surface area contributed by atoms with Gasteiger partial charge in [0.2, 0.25) is 0 Å². The molecule has 0 saturated heterocycles. The number of nitrogens with one attached hydrogen (secondary N) is 1. The van der Waals surface area contributed by atoms with Gasteiger partial charge in [0.15, 0.2) is 0 Å². The molecule has 1 heterocycles. The average Bonchev–Trinajstić information content (AvgIpc) is 3.14. The molecule has 0 bridgehead atoms. The van der Waals surface area contributed by atoms with Crippen LogP contribution in [0, 0.1) is 5.92 Å². The molecule has 1 atom stereocenters. The Bertz CT molecular complexity index is 829. The van der Waals surface area contributed by atoms with E-state index in [9.17, 15) is 14.5 Å². The van der Waals surface area contributed by atoms with Gasteiger partial charge < -0.3 is 14.7 Å². The SMILES string of the molecule is CC.CCOP(=O)(Nc1cc(-c2ccccc2)sc1C(=O)O)C1CCC(C)CC1. The fourth-order valence-electron chi connectivity index (χ4n) is 3.55. The Labute approximate surface area is 178 Å². The van der Waals surface area contributed by atoms with E-state index < -0.39 is 13.5 Å². The molecule has 0 amide bonds. The van der Waals surface area contributed by atoms with Crippen molar-refractivity contribution in [3.63, 3.8) is 0 Å². The lowest BCUT2D eigenvalue weighted by Gasteiger charge is -2.32. The molecule has 29 heavy (non-hydrogen) atoms. The van der Waals surface area contributed by atoms with Crippen LogP contribution >= 0.6 is 18.9 Å². The summed E-state index contributed by atoms with van der Waals surface area (Å²) in [6, 6.07) is 11.4. The van der Waals surface area contributed by atoms with E-state index in [4.69, 9.17) is 4.52 Å². The first-order chi connectivity index (χ1) is 13.9. The van der Waals surface area contributed by atoms with Crippen LogP contribution in [0.3, 0.4) is 0 Å². The highest BCUT2D eigenvalue weighted by Gasteiger charge is 2.37. The lowest BCUT2D eigenvalue weighted by Crippen LogP contribution is -2.22. The molecule has 160 valence electrons. The third kappa shape index (κ3) is 5.94. The van der Waals surface area contributed by atoms with E-state index in [1.165, 1.54) is 11.3 Å². The number of rotatable bonds is 7. The summed E-state index contributed by atoms with van der Waals surface area (Å²) in [5.74, 6) is -0.387. The van der Waals surface area contributed by atoms with Gasteiger partial charge in [0, 0.05) is 4.88 Å². The van der Waals surface area contributed by atoms with Crippen molar-refractivity contribution < 1.29 is 19.0 Å². The molecule has 1 aromatic heterocycles. The smallest absolute Gasteiger partial charge is 0.348 e. The third-order valence-electron chi connectivity index (χ3n) is 5.05. The van der Waals surface area contributed by atoms with Crippen molar-refractivity contribution >= 4 is 30.5 Å². The number of hydrogen-bond donors (Lipinski definition) is 2. The van der Waals surface area contributed by atoms with Crippen LogP contribution in [0.4, 0.5) is 5.69 Å². The molecule has 0 spiro atoms.